The lowest BCUT2D eigenvalue weighted by molar-refractivity contribution is 0.101. The van der Waals surface area contributed by atoms with Crippen LogP contribution in [-0.4, -0.2) is 20.7 Å². The van der Waals surface area contributed by atoms with Gasteiger partial charge in [-0.2, -0.15) is 0 Å². The molecule has 0 bridgehead atoms. The fraction of sp³-hybridized carbons (Fsp3) is 0.192. The van der Waals surface area contributed by atoms with Gasteiger partial charge in [0.25, 0.3) is 5.91 Å². The summed E-state index contributed by atoms with van der Waals surface area (Å²) in [6, 6.07) is 20.1. The monoisotopic (exact) mass is 410 g/mol. The van der Waals surface area contributed by atoms with E-state index >= 15 is 0 Å². The number of nitrogens with zero attached hydrogens (tertiary/aromatic N) is 3. The van der Waals surface area contributed by atoms with Crippen LogP contribution in [0.3, 0.4) is 0 Å². The zero-order chi connectivity index (χ0) is 22.1. The quantitative estimate of drug-likeness (QED) is 0.467. The summed E-state index contributed by atoms with van der Waals surface area (Å²) in [5, 5.41) is 7.55. The van der Waals surface area contributed by atoms with Gasteiger partial charge >= 0.3 is 0 Å². The Labute approximate surface area is 182 Å². The van der Waals surface area contributed by atoms with Crippen LogP contribution >= 0.6 is 0 Å². The smallest absolute Gasteiger partial charge is 0.295 e. The fourth-order valence-corrected chi connectivity index (χ4v) is 3.50. The average molecular weight is 411 g/mol. The number of nitrogens with one attached hydrogen (secondary N) is 1. The van der Waals surface area contributed by atoms with Gasteiger partial charge in [0, 0.05) is 11.3 Å². The Morgan fingerprint density at radius 3 is 2.29 bits per heavy atom. The molecule has 0 saturated carbocycles. The first-order chi connectivity index (χ1) is 14.8. The summed E-state index contributed by atoms with van der Waals surface area (Å²) >= 11 is 0. The number of hydrogen-bond acceptors (Lipinski definition) is 3. The molecule has 4 rings (SSSR count). The van der Waals surface area contributed by atoms with Gasteiger partial charge in [0.1, 0.15) is 0 Å². The number of benzene rings is 3. The molecule has 0 atom stereocenters. The largest absolute Gasteiger partial charge is 0.319 e. The van der Waals surface area contributed by atoms with Gasteiger partial charge in [0.15, 0.2) is 5.82 Å². The molecule has 0 radical (unpaired) electrons. The third-order valence-electron chi connectivity index (χ3n) is 5.44. The molecule has 3 aromatic carbocycles. The molecule has 156 valence electrons. The molecule has 0 fully saturated rings. The van der Waals surface area contributed by atoms with Crippen LogP contribution in [0, 0.1) is 34.6 Å². The van der Waals surface area contributed by atoms with E-state index in [-0.39, 0.29) is 11.7 Å². The third kappa shape index (κ3) is 4.26. The summed E-state index contributed by atoms with van der Waals surface area (Å²) in [4.78, 5) is 17.7. The summed E-state index contributed by atoms with van der Waals surface area (Å²) in [6.07, 6.45) is 0. The molecule has 5 heteroatoms. The molecule has 31 heavy (non-hydrogen) atoms. The lowest BCUT2D eigenvalue weighted by atomic mass is 10.1. The van der Waals surface area contributed by atoms with E-state index in [9.17, 15) is 4.79 Å². The van der Waals surface area contributed by atoms with Crippen LogP contribution in [0.1, 0.15) is 38.4 Å². The van der Waals surface area contributed by atoms with Gasteiger partial charge < -0.3 is 5.32 Å². The van der Waals surface area contributed by atoms with E-state index in [0.29, 0.717) is 5.82 Å². The summed E-state index contributed by atoms with van der Waals surface area (Å²) < 4.78 is 1.77. The Balaban J connectivity index is 1.80. The normalized spacial score (nSPS) is 10.9. The molecule has 0 unspecified atom stereocenters. The summed E-state index contributed by atoms with van der Waals surface area (Å²) in [5.74, 6) is 0.444. The van der Waals surface area contributed by atoms with Crippen molar-refractivity contribution >= 4 is 11.6 Å². The van der Waals surface area contributed by atoms with Gasteiger partial charge in [-0.05, 0) is 81.1 Å². The number of aryl methyl sites for hydroxylation is 5. The zero-order valence-electron chi connectivity index (χ0n) is 18.5. The van der Waals surface area contributed by atoms with Crippen LogP contribution in [0.2, 0.25) is 0 Å². The molecule has 4 aromatic rings. The number of carbonyl (C=O) groups is 1. The first-order valence-corrected chi connectivity index (χ1v) is 10.3. The van der Waals surface area contributed by atoms with Crippen LogP contribution in [0.4, 0.5) is 5.69 Å². The minimum atomic E-state index is -0.332. The first kappa shape index (κ1) is 20.5. The molecular formula is C26H26N4O. The highest BCUT2D eigenvalue weighted by Gasteiger charge is 2.20. The highest BCUT2D eigenvalue weighted by atomic mass is 16.2. The maximum absolute atomic E-state index is 13.0. The van der Waals surface area contributed by atoms with Crippen molar-refractivity contribution in [3.05, 3.63) is 94.3 Å². The Bertz CT molecular complexity index is 1290. The Morgan fingerprint density at radius 1 is 0.806 bits per heavy atom. The van der Waals surface area contributed by atoms with Crippen LogP contribution in [-0.2, 0) is 0 Å². The standard InChI is InChI=1S/C26H26N4O/c1-16-7-6-8-21(13-16)25-28-24(26(31)27-22-12-11-18(3)20(5)15-22)29-30(25)23-14-17(2)9-10-19(23)4/h6-15H,1-5H3,(H,27,31). The number of aromatic nitrogens is 3. The predicted molar refractivity (Wildman–Crippen MR) is 125 cm³/mol. The van der Waals surface area contributed by atoms with Crippen LogP contribution < -0.4 is 5.32 Å². The molecule has 1 heterocycles. The molecule has 0 saturated heterocycles. The molecule has 0 spiro atoms. The zero-order valence-corrected chi connectivity index (χ0v) is 18.5. The van der Waals surface area contributed by atoms with Crippen LogP contribution in [0.25, 0.3) is 17.1 Å². The molecule has 0 aliphatic heterocycles. The molecule has 1 amide bonds. The maximum atomic E-state index is 13.0. The Morgan fingerprint density at radius 2 is 1.55 bits per heavy atom. The van der Waals surface area contributed by atoms with E-state index in [2.05, 4.69) is 39.7 Å². The second kappa shape index (κ2) is 8.19. The van der Waals surface area contributed by atoms with E-state index in [1.807, 2.05) is 71.0 Å². The maximum Gasteiger partial charge on any atom is 0.295 e. The van der Waals surface area contributed by atoms with Crippen molar-refractivity contribution < 1.29 is 4.79 Å². The lowest BCUT2D eigenvalue weighted by Crippen LogP contribution is -2.14. The van der Waals surface area contributed by atoms with E-state index in [1.54, 1.807) is 4.68 Å². The third-order valence-corrected chi connectivity index (χ3v) is 5.44. The molecular weight excluding hydrogens is 384 g/mol. The average Bonchev–Trinajstić information content (AvgIpc) is 3.18. The Kier molecular flexibility index (Phi) is 5.42. The summed E-state index contributed by atoms with van der Waals surface area (Å²) in [5.41, 5.74) is 8.15. The highest BCUT2D eigenvalue weighted by molar-refractivity contribution is 6.01. The van der Waals surface area contributed by atoms with Crippen molar-refractivity contribution in [3.63, 3.8) is 0 Å². The first-order valence-electron chi connectivity index (χ1n) is 10.3. The lowest BCUT2D eigenvalue weighted by Gasteiger charge is -2.10. The molecule has 1 aromatic heterocycles. The molecule has 1 N–H and O–H groups in total. The predicted octanol–water partition coefficient (Wildman–Crippen LogP) is 5.73. The van der Waals surface area contributed by atoms with Crippen molar-refractivity contribution in [2.75, 3.05) is 5.32 Å². The number of amides is 1. The summed E-state index contributed by atoms with van der Waals surface area (Å²) in [7, 11) is 0. The van der Waals surface area contributed by atoms with Crippen molar-refractivity contribution in [2.24, 2.45) is 0 Å². The second-order valence-electron chi connectivity index (χ2n) is 8.08. The van der Waals surface area contributed by atoms with Crippen LogP contribution in [0.15, 0.2) is 60.7 Å². The SMILES string of the molecule is Cc1cccc(-c2nc(C(=O)Nc3ccc(C)c(C)c3)nn2-c2cc(C)ccc2C)c1. The van der Waals surface area contributed by atoms with E-state index < -0.39 is 0 Å². The van der Waals surface area contributed by atoms with Gasteiger partial charge in [0.2, 0.25) is 5.82 Å². The van der Waals surface area contributed by atoms with E-state index in [1.165, 1.54) is 5.56 Å². The molecule has 0 aliphatic rings. The van der Waals surface area contributed by atoms with Gasteiger partial charge in [-0.15, -0.1) is 5.10 Å². The number of hydrogen-bond donors (Lipinski definition) is 1. The number of anilines is 1. The van der Waals surface area contributed by atoms with Gasteiger partial charge in [-0.25, -0.2) is 9.67 Å². The number of rotatable bonds is 4. The fourth-order valence-electron chi connectivity index (χ4n) is 3.50. The van der Waals surface area contributed by atoms with Crippen LogP contribution in [0.5, 0.6) is 0 Å². The van der Waals surface area contributed by atoms with Crippen molar-refractivity contribution in [1.29, 1.82) is 0 Å². The Hall–Kier alpha value is -3.73. The number of carbonyl (C=O) groups excluding carboxylic acids is 1. The second-order valence-corrected chi connectivity index (χ2v) is 8.08. The molecule has 5 nitrogen and oxygen atoms in total. The van der Waals surface area contributed by atoms with Gasteiger partial charge in [0.05, 0.1) is 5.69 Å². The topological polar surface area (TPSA) is 59.8 Å². The van der Waals surface area contributed by atoms with E-state index in [0.717, 1.165) is 39.2 Å². The minimum Gasteiger partial charge on any atom is -0.319 e. The van der Waals surface area contributed by atoms with Gasteiger partial charge in [-0.3, -0.25) is 4.79 Å². The van der Waals surface area contributed by atoms with Crippen molar-refractivity contribution in [2.45, 2.75) is 34.6 Å². The van der Waals surface area contributed by atoms with Crippen molar-refractivity contribution in [1.82, 2.24) is 14.8 Å². The minimum absolute atomic E-state index is 0.135. The van der Waals surface area contributed by atoms with Gasteiger partial charge in [-0.1, -0.05) is 42.0 Å². The summed E-state index contributed by atoms with van der Waals surface area (Å²) in [6.45, 7) is 10.2. The van der Waals surface area contributed by atoms with E-state index in [4.69, 9.17) is 0 Å². The highest BCUT2D eigenvalue weighted by Crippen LogP contribution is 2.25. The van der Waals surface area contributed by atoms with Crippen molar-refractivity contribution in [3.8, 4) is 17.1 Å². The molecule has 0 aliphatic carbocycles.